The quantitative estimate of drug-likeness (QED) is 0.890. The molecular formula is C16H26N2O. The first-order valence-corrected chi connectivity index (χ1v) is 7.00. The van der Waals surface area contributed by atoms with Gasteiger partial charge in [0.2, 0.25) is 0 Å². The lowest BCUT2D eigenvalue weighted by molar-refractivity contribution is -0.133. The maximum Gasteiger partial charge on any atom is 0.0808 e. The number of nitrogens with two attached hydrogens (primary N) is 1. The summed E-state index contributed by atoms with van der Waals surface area (Å²) >= 11 is 0. The number of hydrogen-bond donors (Lipinski definition) is 1. The van der Waals surface area contributed by atoms with Crippen LogP contribution in [0.5, 0.6) is 0 Å². The maximum absolute atomic E-state index is 6.14. The van der Waals surface area contributed by atoms with E-state index in [1.807, 2.05) is 6.92 Å². The van der Waals surface area contributed by atoms with Crippen molar-refractivity contribution in [2.75, 3.05) is 18.0 Å². The summed E-state index contributed by atoms with van der Waals surface area (Å²) in [6, 6.07) is 8.46. The number of nitrogens with zero attached hydrogens (tertiary/aromatic N) is 1. The average molecular weight is 262 g/mol. The second-order valence-corrected chi connectivity index (χ2v) is 6.83. The van der Waals surface area contributed by atoms with Crippen molar-refractivity contribution in [1.82, 2.24) is 0 Å². The topological polar surface area (TPSA) is 38.5 Å². The van der Waals surface area contributed by atoms with Crippen molar-refractivity contribution in [3.63, 3.8) is 0 Å². The van der Waals surface area contributed by atoms with E-state index in [1.165, 1.54) is 11.3 Å². The van der Waals surface area contributed by atoms with Crippen LogP contribution in [0.2, 0.25) is 0 Å². The zero-order chi connectivity index (χ0) is 14.3. The fourth-order valence-corrected chi connectivity index (χ4v) is 3.12. The van der Waals surface area contributed by atoms with Crippen molar-refractivity contribution in [3.8, 4) is 0 Å². The number of para-hydroxylation sites is 1. The van der Waals surface area contributed by atoms with Gasteiger partial charge in [-0.15, -0.1) is 0 Å². The van der Waals surface area contributed by atoms with E-state index >= 15 is 0 Å². The van der Waals surface area contributed by atoms with Crippen LogP contribution in [0.3, 0.4) is 0 Å². The Bertz CT molecular complexity index is 436. The SMILES string of the molecule is CC(N)c1ccccc1N1CC(C)(C)OC(C)(C)C1. The Labute approximate surface area is 116 Å². The third-order valence-electron chi connectivity index (χ3n) is 3.46. The second-order valence-electron chi connectivity index (χ2n) is 6.83. The van der Waals surface area contributed by atoms with Gasteiger partial charge in [0.15, 0.2) is 0 Å². The van der Waals surface area contributed by atoms with E-state index in [-0.39, 0.29) is 17.2 Å². The van der Waals surface area contributed by atoms with Gasteiger partial charge in [0.1, 0.15) is 0 Å². The van der Waals surface area contributed by atoms with Crippen LogP contribution in [0.4, 0.5) is 5.69 Å². The van der Waals surface area contributed by atoms with Gasteiger partial charge < -0.3 is 15.4 Å². The van der Waals surface area contributed by atoms with Gasteiger partial charge in [-0.2, -0.15) is 0 Å². The molecule has 1 aromatic carbocycles. The molecule has 19 heavy (non-hydrogen) atoms. The van der Waals surface area contributed by atoms with Crippen molar-refractivity contribution in [2.24, 2.45) is 5.73 Å². The predicted octanol–water partition coefficient (Wildman–Crippen LogP) is 3.10. The van der Waals surface area contributed by atoms with Crippen LogP contribution in [0.15, 0.2) is 24.3 Å². The lowest BCUT2D eigenvalue weighted by atomic mass is 9.96. The number of benzene rings is 1. The highest BCUT2D eigenvalue weighted by atomic mass is 16.5. The molecule has 2 rings (SSSR count). The Morgan fingerprint density at radius 2 is 1.63 bits per heavy atom. The molecule has 1 aliphatic rings. The molecule has 1 atom stereocenters. The molecule has 0 bridgehead atoms. The summed E-state index contributed by atoms with van der Waals surface area (Å²) in [6.45, 7) is 12.4. The molecule has 0 aromatic heterocycles. The highest BCUT2D eigenvalue weighted by Gasteiger charge is 2.38. The molecule has 0 saturated carbocycles. The zero-order valence-corrected chi connectivity index (χ0v) is 12.7. The van der Waals surface area contributed by atoms with Crippen molar-refractivity contribution in [2.45, 2.75) is 51.9 Å². The standard InChI is InChI=1S/C16H26N2O/c1-12(17)13-8-6-7-9-14(13)18-10-15(2,3)19-16(4,5)11-18/h6-9,12H,10-11,17H2,1-5H3. The van der Waals surface area contributed by atoms with Crippen molar-refractivity contribution >= 4 is 5.69 Å². The van der Waals surface area contributed by atoms with Crippen LogP contribution in [-0.2, 0) is 4.74 Å². The van der Waals surface area contributed by atoms with E-state index in [1.54, 1.807) is 0 Å². The Kier molecular flexibility index (Phi) is 3.63. The minimum absolute atomic E-state index is 0.0465. The Hall–Kier alpha value is -1.06. The number of ether oxygens (including phenoxy) is 1. The van der Waals surface area contributed by atoms with Crippen LogP contribution >= 0.6 is 0 Å². The zero-order valence-electron chi connectivity index (χ0n) is 12.7. The molecule has 1 saturated heterocycles. The van der Waals surface area contributed by atoms with Gasteiger partial charge in [-0.1, -0.05) is 18.2 Å². The molecule has 1 aromatic rings. The first-order chi connectivity index (χ1) is 8.70. The first kappa shape index (κ1) is 14.4. The Morgan fingerprint density at radius 3 is 2.16 bits per heavy atom. The van der Waals surface area contributed by atoms with Gasteiger partial charge in [0, 0.05) is 24.8 Å². The first-order valence-electron chi connectivity index (χ1n) is 7.00. The molecular weight excluding hydrogens is 236 g/mol. The smallest absolute Gasteiger partial charge is 0.0808 e. The highest BCUT2D eigenvalue weighted by Crippen LogP contribution is 2.34. The molecule has 3 heteroatoms. The van der Waals surface area contributed by atoms with Gasteiger partial charge in [-0.3, -0.25) is 0 Å². The van der Waals surface area contributed by atoms with E-state index in [9.17, 15) is 0 Å². The van der Waals surface area contributed by atoms with Gasteiger partial charge in [0.05, 0.1) is 11.2 Å². The monoisotopic (exact) mass is 262 g/mol. The fraction of sp³-hybridized carbons (Fsp3) is 0.625. The molecule has 0 aliphatic carbocycles. The van der Waals surface area contributed by atoms with Crippen LogP contribution in [-0.4, -0.2) is 24.3 Å². The van der Waals surface area contributed by atoms with Crippen molar-refractivity contribution in [3.05, 3.63) is 29.8 Å². The van der Waals surface area contributed by atoms with Crippen LogP contribution in [0.25, 0.3) is 0 Å². The van der Waals surface area contributed by atoms with E-state index in [4.69, 9.17) is 10.5 Å². The highest BCUT2D eigenvalue weighted by molar-refractivity contribution is 5.55. The summed E-state index contributed by atoms with van der Waals surface area (Å²) in [6.07, 6.45) is 0. The lowest BCUT2D eigenvalue weighted by Gasteiger charge is -2.48. The predicted molar refractivity (Wildman–Crippen MR) is 80.5 cm³/mol. The molecule has 2 N–H and O–H groups in total. The Balaban J connectivity index is 2.36. The molecule has 1 fully saturated rings. The molecule has 106 valence electrons. The molecule has 1 unspecified atom stereocenters. The molecule has 0 spiro atoms. The summed E-state index contributed by atoms with van der Waals surface area (Å²) in [7, 11) is 0. The Morgan fingerprint density at radius 1 is 1.11 bits per heavy atom. The average Bonchev–Trinajstić information content (AvgIpc) is 2.24. The minimum Gasteiger partial charge on any atom is -0.366 e. The summed E-state index contributed by atoms with van der Waals surface area (Å²) in [5.74, 6) is 0. The second kappa shape index (κ2) is 4.80. The van der Waals surface area contributed by atoms with Gasteiger partial charge in [-0.25, -0.2) is 0 Å². The van der Waals surface area contributed by atoms with E-state index in [0.717, 1.165) is 13.1 Å². The molecule has 1 heterocycles. The molecule has 0 radical (unpaired) electrons. The lowest BCUT2D eigenvalue weighted by Crippen LogP contribution is -2.57. The van der Waals surface area contributed by atoms with Gasteiger partial charge in [0.25, 0.3) is 0 Å². The minimum atomic E-state index is -0.146. The molecule has 0 amide bonds. The number of hydrogen-bond acceptors (Lipinski definition) is 3. The summed E-state index contributed by atoms with van der Waals surface area (Å²) in [4.78, 5) is 2.40. The summed E-state index contributed by atoms with van der Waals surface area (Å²) < 4.78 is 6.14. The van der Waals surface area contributed by atoms with E-state index in [2.05, 4.69) is 56.9 Å². The number of morpholine rings is 1. The number of anilines is 1. The third-order valence-corrected chi connectivity index (χ3v) is 3.46. The molecule has 1 aliphatic heterocycles. The summed E-state index contributed by atoms with van der Waals surface area (Å²) in [5, 5.41) is 0. The van der Waals surface area contributed by atoms with E-state index in [0.29, 0.717) is 0 Å². The third kappa shape index (κ3) is 3.28. The summed E-state index contributed by atoms with van der Waals surface area (Å²) in [5.41, 5.74) is 8.25. The fourth-order valence-electron chi connectivity index (χ4n) is 3.12. The normalized spacial score (nSPS) is 23.2. The van der Waals surface area contributed by atoms with Crippen LogP contribution in [0.1, 0.15) is 46.2 Å². The van der Waals surface area contributed by atoms with Crippen LogP contribution < -0.4 is 10.6 Å². The maximum atomic E-state index is 6.14. The number of rotatable bonds is 2. The van der Waals surface area contributed by atoms with Crippen molar-refractivity contribution < 1.29 is 4.74 Å². The van der Waals surface area contributed by atoms with E-state index < -0.39 is 0 Å². The largest absolute Gasteiger partial charge is 0.366 e. The molecule has 3 nitrogen and oxygen atoms in total. The van der Waals surface area contributed by atoms with Crippen LogP contribution in [0, 0.1) is 0 Å². The van der Waals surface area contributed by atoms with Crippen molar-refractivity contribution in [1.29, 1.82) is 0 Å². The van der Waals surface area contributed by atoms with Gasteiger partial charge >= 0.3 is 0 Å². The van der Waals surface area contributed by atoms with Gasteiger partial charge in [-0.05, 0) is 46.2 Å².